The minimum Gasteiger partial charge on any atom is -0.387 e. The van der Waals surface area contributed by atoms with E-state index in [2.05, 4.69) is 0 Å². The minimum absolute atomic E-state index is 0.194. The molecule has 0 aliphatic carbocycles. The van der Waals surface area contributed by atoms with Crippen LogP contribution in [0.5, 0.6) is 0 Å². The second kappa shape index (κ2) is 11.6. The van der Waals surface area contributed by atoms with Crippen LogP contribution in [-0.4, -0.2) is 46.7 Å². The first kappa shape index (κ1) is 23.0. The van der Waals surface area contributed by atoms with Gasteiger partial charge in [-0.25, -0.2) is 0 Å². The Hall–Kier alpha value is -2.19. The van der Waals surface area contributed by atoms with Crippen molar-refractivity contribution >= 4 is 11.8 Å². The van der Waals surface area contributed by atoms with Gasteiger partial charge in [0.1, 0.15) is 29.9 Å². The molecule has 4 rings (SSSR count). The Balaban J connectivity index is 1.44. The van der Waals surface area contributed by atoms with Crippen molar-refractivity contribution in [1.29, 1.82) is 0 Å². The largest absolute Gasteiger partial charge is 0.387 e. The van der Waals surface area contributed by atoms with E-state index in [1.807, 2.05) is 91.0 Å². The van der Waals surface area contributed by atoms with Crippen molar-refractivity contribution in [3.05, 3.63) is 102 Å². The molecule has 168 valence electrons. The van der Waals surface area contributed by atoms with Crippen LogP contribution in [-0.2, 0) is 27.4 Å². The van der Waals surface area contributed by atoms with Crippen LogP contribution in [0.1, 0.15) is 11.1 Å². The molecule has 5 atom stereocenters. The van der Waals surface area contributed by atoms with Gasteiger partial charge in [0.25, 0.3) is 0 Å². The van der Waals surface area contributed by atoms with Gasteiger partial charge in [-0.3, -0.25) is 0 Å². The highest BCUT2D eigenvalue weighted by atomic mass is 32.2. The second-order valence-corrected chi connectivity index (χ2v) is 8.89. The highest BCUT2D eigenvalue weighted by Gasteiger charge is 2.45. The molecule has 1 fully saturated rings. The summed E-state index contributed by atoms with van der Waals surface area (Å²) in [7, 11) is 0. The van der Waals surface area contributed by atoms with Crippen LogP contribution in [0.3, 0.4) is 0 Å². The lowest BCUT2D eigenvalue weighted by molar-refractivity contribution is -0.227. The standard InChI is InChI=1S/C26H28O5S/c27-23-22(18-29-16-19-10-4-1-5-11-19)31-26(32-21-14-8-3-9-15-21)24(28)25(23)30-17-20-12-6-2-7-13-20/h1-15,22-28H,16-18H2/t22-,23-,24-,25+,26+/m1/s1. The van der Waals surface area contributed by atoms with Crippen LogP contribution in [0, 0.1) is 0 Å². The van der Waals surface area contributed by atoms with Crippen molar-refractivity contribution in [1.82, 2.24) is 0 Å². The monoisotopic (exact) mass is 452 g/mol. The normalized spacial score (nSPS) is 25.5. The fraction of sp³-hybridized carbons (Fsp3) is 0.308. The lowest BCUT2D eigenvalue weighted by Gasteiger charge is -2.42. The third-order valence-corrected chi connectivity index (χ3v) is 6.48. The lowest BCUT2D eigenvalue weighted by atomic mass is 10.00. The summed E-state index contributed by atoms with van der Waals surface area (Å²) in [6.45, 7) is 0.905. The molecule has 1 aliphatic rings. The Bertz CT molecular complexity index is 925. The molecular weight excluding hydrogens is 424 g/mol. The van der Waals surface area contributed by atoms with Gasteiger partial charge in [0.05, 0.1) is 19.8 Å². The van der Waals surface area contributed by atoms with Gasteiger partial charge in [0.15, 0.2) is 0 Å². The Kier molecular flexibility index (Phi) is 8.34. The number of benzene rings is 3. The van der Waals surface area contributed by atoms with Crippen molar-refractivity contribution < 1.29 is 24.4 Å². The van der Waals surface area contributed by atoms with E-state index < -0.39 is 29.9 Å². The van der Waals surface area contributed by atoms with Crippen LogP contribution in [0.2, 0.25) is 0 Å². The highest BCUT2D eigenvalue weighted by Crippen LogP contribution is 2.34. The molecule has 32 heavy (non-hydrogen) atoms. The first-order chi connectivity index (χ1) is 15.7. The quantitative estimate of drug-likeness (QED) is 0.511. The summed E-state index contributed by atoms with van der Waals surface area (Å²) in [6, 6.07) is 29.3. The summed E-state index contributed by atoms with van der Waals surface area (Å²) in [5.74, 6) is 0. The van der Waals surface area contributed by atoms with E-state index in [0.717, 1.165) is 16.0 Å². The predicted molar refractivity (Wildman–Crippen MR) is 124 cm³/mol. The highest BCUT2D eigenvalue weighted by molar-refractivity contribution is 7.99. The van der Waals surface area contributed by atoms with Gasteiger partial charge in [-0.15, -0.1) is 0 Å². The summed E-state index contributed by atoms with van der Waals surface area (Å²) in [4.78, 5) is 0.971. The Morgan fingerprint density at radius 1 is 0.719 bits per heavy atom. The van der Waals surface area contributed by atoms with Crippen LogP contribution >= 0.6 is 11.8 Å². The molecule has 6 heteroatoms. The molecule has 0 spiro atoms. The van der Waals surface area contributed by atoms with Gasteiger partial charge in [-0.05, 0) is 23.3 Å². The number of aliphatic hydroxyl groups excluding tert-OH is 2. The number of aliphatic hydroxyl groups is 2. The Morgan fingerprint density at radius 2 is 1.28 bits per heavy atom. The molecule has 0 bridgehead atoms. The van der Waals surface area contributed by atoms with Gasteiger partial charge in [0, 0.05) is 4.90 Å². The molecular formula is C26H28O5S. The van der Waals surface area contributed by atoms with E-state index in [1.54, 1.807) is 0 Å². The summed E-state index contributed by atoms with van der Waals surface area (Å²) in [6.07, 6.45) is -3.43. The Labute approximate surface area is 193 Å². The van der Waals surface area contributed by atoms with Crippen molar-refractivity contribution in [2.24, 2.45) is 0 Å². The zero-order valence-corrected chi connectivity index (χ0v) is 18.5. The topological polar surface area (TPSA) is 68.2 Å². The molecule has 0 aromatic heterocycles. The fourth-order valence-corrected chi connectivity index (χ4v) is 4.68. The zero-order chi connectivity index (χ0) is 22.2. The van der Waals surface area contributed by atoms with E-state index in [1.165, 1.54) is 11.8 Å². The molecule has 5 nitrogen and oxygen atoms in total. The van der Waals surface area contributed by atoms with Crippen molar-refractivity contribution in [2.75, 3.05) is 6.61 Å². The van der Waals surface area contributed by atoms with E-state index in [0.29, 0.717) is 13.2 Å². The molecule has 3 aromatic rings. The van der Waals surface area contributed by atoms with Gasteiger partial charge in [-0.1, -0.05) is 90.6 Å². The SMILES string of the molecule is O[C@@H]1[C@@H](OCc2ccccc2)[C@H](O)[C@@H](COCc2ccccc2)O[C@H]1Sc1ccccc1. The van der Waals surface area contributed by atoms with Crippen molar-refractivity contribution in [3.8, 4) is 0 Å². The summed E-state index contributed by atoms with van der Waals surface area (Å²) < 4.78 is 17.9. The molecule has 1 heterocycles. The third kappa shape index (κ3) is 6.19. The summed E-state index contributed by atoms with van der Waals surface area (Å²) in [5.41, 5.74) is 1.43. The number of thioether (sulfide) groups is 1. The van der Waals surface area contributed by atoms with Gasteiger partial charge < -0.3 is 24.4 Å². The molecule has 0 unspecified atom stereocenters. The summed E-state index contributed by atoms with van der Waals surface area (Å²) in [5, 5.41) is 21.9. The lowest BCUT2D eigenvalue weighted by Crippen LogP contribution is -2.58. The molecule has 3 aromatic carbocycles. The van der Waals surface area contributed by atoms with Gasteiger partial charge >= 0.3 is 0 Å². The smallest absolute Gasteiger partial charge is 0.136 e. The molecule has 1 saturated heterocycles. The van der Waals surface area contributed by atoms with E-state index in [9.17, 15) is 10.2 Å². The average molecular weight is 453 g/mol. The molecule has 1 aliphatic heterocycles. The van der Waals surface area contributed by atoms with Crippen LogP contribution in [0.15, 0.2) is 95.9 Å². The van der Waals surface area contributed by atoms with Crippen molar-refractivity contribution in [3.63, 3.8) is 0 Å². The van der Waals surface area contributed by atoms with E-state index in [-0.39, 0.29) is 6.61 Å². The van der Waals surface area contributed by atoms with Crippen LogP contribution < -0.4 is 0 Å². The molecule has 0 saturated carbocycles. The number of hydrogen-bond acceptors (Lipinski definition) is 6. The van der Waals surface area contributed by atoms with Crippen LogP contribution in [0.4, 0.5) is 0 Å². The summed E-state index contributed by atoms with van der Waals surface area (Å²) >= 11 is 1.41. The average Bonchev–Trinajstić information content (AvgIpc) is 2.84. The fourth-order valence-electron chi connectivity index (χ4n) is 3.60. The maximum atomic E-state index is 11.0. The number of hydrogen-bond donors (Lipinski definition) is 2. The zero-order valence-electron chi connectivity index (χ0n) is 17.7. The number of rotatable bonds is 9. The number of ether oxygens (including phenoxy) is 3. The van der Waals surface area contributed by atoms with E-state index in [4.69, 9.17) is 14.2 Å². The molecule has 2 N–H and O–H groups in total. The minimum atomic E-state index is -1.02. The Morgan fingerprint density at radius 3 is 1.91 bits per heavy atom. The predicted octanol–water partition coefficient (Wildman–Crippen LogP) is 4.03. The van der Waals surface area contributed by atoms with Gasteiger partial charge in [-0.2, -0.15) is 0 Å². The maximum absolute atomic E-state index is 11.0. The first-order valence-electron chi connectivity index (χ1n) is 10.7. The van der Waals surface area contributed by atoms with Crippen molar-refractivity contribution in [2.45, 2.75) is 48.0 Å². The van der Waals surface area contributed by atoms with Gasteiger partial charge in [0.2, 0.25) is 0 Å². The van der Waals surface area contributed by atoms with Crippen LogP contribution in [0.25, 0.3) is 0 Å². The molecule has 0 amide bonds. The third-order valence-electron chi connectivity index (χ3n) is 5.32. The first-order valence-corrected chi connectivity index (χ1v) is 11.6. The second-order valence-electron chi connectivity index (χ2n) is 7.72. The maximum Gasteiger partial charge on any atom is 0.136 e. The van der Waals surface area contributed by atoms with E-state index >= 15 is 0 Å². The molecule has 0 radical (unpaired) electrons.